The van der Waals surface area contributed by atoms with Crippen molar-refractivity contribution in [3.8, 4) is 0 Å². The van der Waals surface area contributed by atoms with Crippen LogP contribution in [-0.2, 0) is 19.2 Å². The van der Waals surface area contributed by atoms with E-state index < -0.39 is 48.3 Å². The molecule has 0 aliphatic carbocycles. The van der Waals surface area contributed by atoms with Gasteiger partial charge in [0.2, 0.25) is 11.8 Å². The van der Waals surface area contributed by atoms with Gasteiger partial charge in [-0.1, -0.05) is 13.8 Å². The van der Waals surface area contributed by atoms with Gasteiger partial charge in [-0.25, -0.2) is 4.79 Å². The highest BCUT2D eigenvalue weighted by Gasteiger charge is 2.25. The van der Waals surface area contributed by atoms with E-state index in [1.54, 1.807) is 0 Å². The van der Waals surface area contributed by atoms with Crippen LogP contribution in [0.2, 0.25) is 0 Å². The largest absolute Gasteiger partial charge is 0.481 e. The molecule has 0 unspecified atom stereocenters. The molecule has 132 valence electrons. The zero-order chi connectivity index (χ0) is 18.2. The first-order chi connectivity index (χ1) is 10.5. The molecule has 9 heteroatoms. The Morgan fingerprint density at radius 3 is 2.00 bits per heavy atom. The molecular weight excluding hydrogens is 306 g/mol. The number of hydrogen-bond acceptors (Lipinski definition) is 5. The number of nitrogens with one attached hydrogen (secondary N) is 2. The highest BCUT2D eigenvalue weighted by molar-refractivity contribution is 5.91. The Morgan fingerprint density at radius 1 is 1.00 bits per heavy atom. The van der Waals surface area contributed by atoms with E-state index in [2.05, 4.69) is 10.6 Å². The van der Waals surface area contributed by atoms with Crippen molar-refractivity contribution >= 4 is 23.8 Å². The topological polar surface area (TPSA) is 159 Å². The van der Waals surface area contributed by atoms with Crippen LogP contribution in [0.3, 0.4) is 0 Å². The number of aliphatic carboxylic acids is 2. The van der Waals surface area contributed by atoms with E-state index in [1.165, 1.54) is 6.92 Å². The molecule has 0 aromatic heterocycles. The highest BCUT2D eigenvalue weighted by atomic mass is 16.4. The van der Waals surface area contributed by atoms with E-state index in [1.807, 2.05) is 13.8 Å². The molecule has 0 aliphatic rings. The van der Waals surface area contributed by atoms with Crippen LogP contribution in [0.25, 0.3) is 0 Å². The molecule has 0 fully saturated rings. The molecule has 0 saturated heterocycles. The molecule has 0 rings (SSSR count). The number of carbonyl (C=O) groups excluding carboxylic acids is 2. The van der Waals surface area contributed by atoms with Gasteiger partial charge in [0.25, 0.3) is 0 Å². The van der Waals surface area contributed by atoms with Crippen LogP contribution in [0.1, 0.15) is 40.0 Å². The third-order valence-corrected chi connectivity index (χ3v) is 3.08. The van der Waals surface area contributed by atoms with Gasteiger partial charge in [-0.3, -0.25) is 14.4 Å². The fourth-order valence-electron chi connectivity index (χ4n) is 1.82. The lowest BCUT2D eigenvalue weighted by atomic mass is 10.0. The van der Waals surface area contributed by atoms with Gasteiger partial charge < -0.3 is 26.6 Å². The quantitative estimate of drug-likeness (QED) is 0.354. The summed E-state index contributed by atoms with van der Waals surface area (Å²) in [5.74, 6) is -3.50. The van der Waals surface area contributed by atoms with Crippen molar-refractivity contribution in [2.75, 3.05) is 0 Å². The number of carbonyl (C=O) groups is 4. The minimum atomic E-state index is -1.34. The molecular formula is C14H25N3O6. The van der Waals surface area contributed by atoms with Gasteiger partial charge >= 0.3 is 11.9 Å². The van der Waals surface area contributed by atoms with Crippen molar-refractivity contribution in [1.29, 1.82) is 0 Å². The average Bonchev–Trinajstić information content (AvgIpc) is 2.41. The van der Waals surface area contributed by atoms with Gasteiger partial charge in [-0.05, 0) is 25.7 Å². The lowest BCUT2D eigenvalue weighted by molar-refractivity contribution is -0.143. The lowest BCUT2D eigenvalue weighted by Crippen LogP contribution is -2.53. The number of hydrogen-bond donors (Lipinski definition) is 5. The summed E-state index contributed by atoms with van der Waals surface area (Å²) in [6.45, 7) is 5.21. The molecule has 0 aliphatic heterocycles. The van der Waals surface area contributed by atoms with Crippen molar-refractivity contribution in [1.82, 2.24) is 10.6 Å². The number of carboxylic acids is 2. The fraction of sp³-hybridized carbons (Fsp3) is 0.714. The van der Waals surface area contributed by atoms with E-state index >= 15 is 0 Å². The van der Waals surface area contributed by atoms with Gasteiger partial charge in [-0.15, -0.1) is 0 Å². The van der Waals surface area contributed by atoms with Crippen LogP contribution in [-0.4, -0.2) is 52.1 Å². The molecule has 0 heterocycles. The van der Waals surface area contributed by atoms with Crippen LogP contribution in [0.5, 0.6) is 0 Å². The summed E-state index contributed by atoms with van der Waals surface area (Å²) >= 11 is 0. The highest BCUT2D eigenvalue weighted by Crippen LogP contribution is 2.03. The van der Waals surface area contributed by atoms with E-state index in [-0.39, 0.29) is 12.3 Å². The Hall–Kier alpha value is -2.16. The molecule has 23 heavy (non-hydrogen) atoms. The SMILES string of the molecule is CC(C)C[C@H](N)C(=O)N[C@@H](C)C(=O)N[C@@H](CCC(=O)O)C(=O)O. The minimum Gasteiger partial charge on any atom is -0.481 e. The van der Waals surface area contributed by atoms with Crippen LogP contribution >= 0.6 is 0 Å². The van der Waals surface area contributed by atoms with Gasteiger partial charge in [0, 0.05) is 6.42 Å². The zero-order valence-corrected chi connectivity index (χ0v) is 13.5. The molecule has 0 saturated carbocycles. The zero-order valence-electron chi connectivity index (χ0n) is 13.5. The summed E-state index contributed by atoms with van der Waals surface area (Å²) in [4.78, 5) is 45.2. The van der Waals surface area contributed by atoms with Crippen molar-refractivity contribution in [3.63, 3.8) is 0 Å². The third-order valence-electron chi connectivity index (χ3n) is 3.08. The van der Waals surface area contributed by atoms with Crippen molar-refractivity contribution in [3.05, 3.63) is 0 Å². The number of amides is 2. The van der Waals surface area contributed by atoms with Crippen molar-refractivity contribution in [2.45, 2.75) is 58.2 Å². The van der Waals surface area contributed by atoms with Crippen LogP contribution in [0.4, 0.5) is 0 Å². The van der Waals surface area contributed by atoms with Crippen molar-refractivity contribution < 1.29 is 29.4 Å². The molecule has 0 aromatic carbocycles. The predicted molar refractivity (Wildman–Crippen MR) is 81.5 cm³/mol. The molecule has 0 bridgehead atoms. The summed E-state index contributed by atoms with van der Waals surface area (Å²) in [6.07, 6.45) is -0.183. The maximum atomic E-state index is 11.9. The van der Waals surface area contributed by atoms with Gasteiger partial charge in [0.15, 0.2) is 0 Å². The molecule has 0 radical (unpaired) electrons. The summed E-state index contributed by atoms with van der Waals surface area (Å²) in [5, 5.41) is 22.1. The normalized spacial score (nSPS) is 14.7. The van der Waals surface area contributed by atoms with E-state index in [4.69, 9.17) is 15.9 Å². The van der Waals surface area contributed by atoms with Crippen molar-refractivity contribution in [2.24, 2.45) is 11.7 Å². The standard InChI is InChI=1S/C14H25N3O6/c1-7(2)6-9(15)13(21)16-8(3)12(20)17-10(14(22)23)4-5-11(18)19/h7-10H,4-6,15H2,1-3H3,(H,16,21)(H,17,20)(H,18,19)(H,22,23)/t8-,9-,10-/m0/s1. The maximum Gasteiger partial charge on any atom is 0.326 e. The Balaban J connectivity index is 4.53. The van der Waals surface area contributed by atoms with E-state index in [0.29, 0.717) is 6.42 Å². The first kappa shape index (κ1) is 20.8. The number of nitrogens with two attached hydrogens (primary N) is 1. The second kappa shape index (κ2) is 9.78. The Labute approximate surface area is 134 Å². The summed E-state index contributed by atoms with van der Waals surface area (Å²) in [5.41, 5.74) is 5.69. The van der Waals surface area contributed by atoms with Gasteiger partial charge in [-0.2, -0.15) is 0 Å². The van der Waals surface area contributed by atoms with E-state index in [0.717, 1.165) is 0 Å². The second-order valence-electron chi connectivity index (χ2n) is 5.80. The van der Waals surface area contributed by atoms with Crippen LogP contribution in [0.15, 0.2) is 0 Å². The first-order valence-corrected chi connectivity index (χ1v) is 7.35. The van der Waals surface area contributed by atoms with E-state index in [9.17, 15) is 19.2 Å². The average molecular weight is 331 g/mol. The monoisotopic (exact) mass is 331 g/mol. The summed E-state index contributed by atoms with van der Waals surface area (Å²) in [7, 11) is 0. The Kier molecular flexibility index (Phi) is 8.86. The molecule has 0 aromatic rings. The lowest BCUT2D eigenvalue weighted by Gasteiger charge is -2.20. The number of rotatable bonds is 10. The predicted octanol–water partition coefficient (Wildman–Crippen LogP) is -0.701. The summed E-state index contributed by atoms with van der Waals surface area (Å²) < 4.78 is 0. The van der Waals surface area contributed by atoms with Crippen LogP contribution < -0.4 is 16.4 Å². The first-order valence-electron chi connectivity index (χ1n) is 7.35. The second-order valence-corrected chi connectivity index (χ2v) is 5.80. The molecule has 0 spiro atoms. The smallest absolute Gasteiger partial charge is 0.326 e. The fourth-order valence-corrected chi connectivity index (χ4v) is 1.82. The molecule has 6 N–H and O–H groups in total. The Morgan fingerprint density at radius 2 is 1.57 bits per heavy atom. The minimum absolute atomic E-state index is 0.215. The van der Waals surface area contributed by atoms with Gasteiger partial charge in [0.05, 0.1) is 6.04 Å². The van der Waals surface area contributed by atoms with Crippen LogP contribution in [0, 0.1) is 5.92 Å². The maximum absolute atomic E-state index is 11.9. The summed E-state index contributed by atoms with van der Waals surface area (Å²) in [6, 6.07) is -3.07. The van der Waals surface area contributed by atoms with Gasteiger partial charge in [0.1, 0.15) is 12.1 Å². The Bertz CT molecular complexity index is 452. The number of carboxylic acid groups (broad SMARTS) is 2. The third kappa shape index (κ3) is 8.77. The molecule has 2 amide bonds. The molecule has 9 nitrogen and oxygen atoms in total. The molecule has 3 atom stereocenters.